The second-order valence-corrected chi connectivity index (χ2v) is 24.1. The van der Waals surface area contributed by atoms with Crippen LogP contribution < -0.4 is 37.9 Å². The van der Waals surface area contributed by atoms with E-state index in [-0.39, 0.29) is 22.6 Å². The SMILES string of the molecule is COc1c(C#N)ccc(F)c1C=O.COc1c(C#N)ccc2[nH]ncc12.COc1c(C#N)ccc2c1c(Br)nn2C.COc1c(C#N)ccc2n[nH]c(Br)c12.COc1cc(F)ccc1C#N.COc1cc2[nH]ncc2cc1C#N.COc1cc2c(cc1C#N)c(Br)nn2C.COc1cc2n[nH]c(Br)c2cc1C#N. The first-order chi connectivity index (χ1) is 52.1. The van der Waals surface area contributed by atoms with Crippen molar-refractivity contribution in [3.05, 3.63) is 196 Å². The van der Waals surface area contributed by atoms with Crippen molar-refractivity contribution in [2.75, 3.05) is 56.9 Å². The van der Waals surface area contributed by atoms with Gasteiger partial charge in [-0.1, -0.05) is 0 Å². The van der Waals surface area contributed by atoms with Crippen molar-refractivity contribution in [2.45, 2.75) is 0 Å². The number of carbonyl (C=O) groups excluding carboxylic acids is 1. The average molecular weight is 1710 g/mol. The first-order valence-corrected chi connectivity index (χ1v) is 33.5. The first kappa shape index (κ1) is 81.6. The van der Waals surface area contributed by atoms with Gasteiger partial charge in [0.15, 0.2) is 6.29 Å². The van der Waals surface area contributed by atoms with Crippen molar-refractivity contribution < 1.29 is 51.5 Å². The van der Waals surface area contributed by atoms with Crippen LogP contribution in [0.4, 0.5) is 8.78 Å². The van der Waals surface area contributed by atoms with Crippen LogP contribution >= 0.6 is 63.7 Å². The van der Waals surface area contributed by atoms with Gasteiger partial charge >= 0.3 is 0 Å². The van der Waals surface area contributed by atoms with Crippen molar-refractivity contribution in [2.24, 2.45) is 14.1 Å². The van der Waals surface area contributed by atoms with E-state index >= 15 is 0 Å². The molecular weight excluding hydrogens is 1660 g/mol. The molecule has 6 heterocycles. The Morgan fingerprint density at radius 2 is 0.870 bits per heavy atom. The highest BCUT2D eigenvalue weighted by atomic mass is 79.9. The minimum absolute atomic E-state index is 0.0162. The molecule has 0 aliphatic carbocycles. The van der Waals surface area contributed by atoms with Gasteiger partial charge in [-0.2, -0.15) is 72.7 Å². The maximum absolute atomic E-state index is 12.9. The fraction of sp³-hybridized carbons (Fsp3) is 0.137. The van der Waals surface area contributed by atoms with Crippen LogP contribution in [0.2, 0.25) is 0 Å². The highest BCUT2D eigenvalue weighted by Crippen LogP contribution is 2.37. The molecule has 35 heteroatoms. The minimum atomic E-state index is -0.689. The van der Waals surface area contributed by atoms with Gasteiger partial charge in [0.2, 0.25) is 0 Å². The Kier molecular flexibility index (Phi) is 29.3. The third-order valence-electron chi connectivity index (χ3n) is 15.1. The molecule has 14 rings (SSSR count). The van der Waals surface area contributed by atoms with Gasteiger partial charge in [-0.25, -0.2) is 8.78 Å². The van der Waals surface area contributed by atoms with E-state index in [4.69, 9.17) is 80.0 Å². The van der Waals surface area contributed by atoms with Gasteiger partial charge in [-0.15, -0.1) is 0 Å². The quantitative estimate of drug-likeness (QED) is 0.0975. The van der Waals surface area contributed by atoms with Gasteiger partial charge < -0.3 is 37.9 Å². The zero-order valence-electron chi connectivity index (χ0n) is 58.1. The van der Waals surface area contributed by atoms with Crippen molar-refractivity contribution in [1.29, 1.82) is 42.1 Å². The normalized spacial score (nSPS) is 9.81. The van der Waals surface area contributed by atoms with E-state index < -0.39 is 11.6 Å². The summed E-state index contributed by atoms with van der Waals surface area (Å²) < 4.78 is 72.1. The molecule has 0 bridgehead atoms. The Morgan fingerprint density at radius 3 is 1.46 bits per heavy atom. The summed E-state index contributed by atoms with van der Waals surface area (Å²) in [4.78, 5) is 10.4. The van der Waals surface area contributed by atoms with E-state index in [1.54, 1.807) is 111 Å². The number of halogens is 6. The average Bonchev–Trinajstić information content (AvgIpc) is 1.65. The molecule has 14 aromatic rings. The van der Waals surface area contributed by atoms with Gasteiger partial charge in [0.1, 0.15) is 125 Å². The number of aldehydes is 1. The van der Waals surface area contributed by atoms with Crippen LogP contribution in [0.3, 0.4) is 0 Å². The summed E-state index contributed by atoms with van der Waals surface area (Å²) in [7, 11) is 15.6. The number of hydrogen-bond acceptors (Lipinski definition) is 23. The molecule has 0 aliphatic heterocycles. The zero-order valence-corrected chi connectivity index (χ0v) is 64.5. The van der Waals surface area contributed by atoms with Crippen molar-refractivity contribution in [3.63, 3.8) is 0 Å². The number of benzene rings is 8. The number of rotatable bonds is 9. The predicted molar refractivity (Wildman–Crippen MR) is 405 cm³/mol. The smallest absolute Gasteiger partial charge is 0.156 e. The maximum atomic E-state index is 12.9. The Balaban J connectivity index is 0.000000172. The first-order valence-electron chi connectivity index (χ1n) is 30.3. The lowest BCUT2D eigenvalue weighted by Crippen LogP contribution is -1.97. The topological polar surface area (TPSA) is 432 Å². The Hall–Kier alpha value is -13.7. The molecule has 0 atom stereocenters. The number of carbonyl (C=O) groups is 1. The van der Waals surface area contributed by atoms with E-state index in [9.17, 15) is 13.6 Å². The van der Waals surface area contributed by atoms with Crippen molar-refractivity contribution >= 4 is 135 Å². The van der Waals surface area contributed by atoms with E-state index in [0.717, 1.165) is 85.3 Å². The van der Waals surface area contributed by atoms with Gasteiger partial charge in [0.25, 0.3) is 0 Å². The molecule has 4 N–H and O–H groups in total. The van der Waals surface area contributed by atoms with E-state index in [2.05, 4.69) is 151 Å². The van der Waals surface area contributed by atoms with E-state index in [1.807, 2.05) is 38.4 Å². The molecular formula is C73H54Br4F2N20O9. The molecule has 0 saturated carbocycles. The van der Waals surface area contributed by atoms with E-state index in [1.165, 1.54) is 52.7 Å². The largest absolute Gasteiger partial charge is 0.495 e. The summed E-state index contributed by atoms with van der Waals surface area (Å²) in [5.41, 5.74) is 8.48. The summed E-state index contributed by atoms with van der Waals surface area (Å²) in [6.45, 7) is 0. The molecule has 0 radical (unpaired) electrons. The lowest BCUT2D eigenvalue weighted by atomic mass is 10.1. The van der Waals surface area contributed by atoms with Crippen molar-refractivity contribution in [1.82, 2.24) is 60.4 Å². The monoisotopic (exact) mass is 1710 g/mol. The number of H-pyrrole nitrogens is 4. The molecule has 0 fully saturated rings. The van der Waals surface area contributed by atoms with Gasteiger partial charge in [-0.3, -0.25) is 34.6 Å². The van der Waals surface area contributed by atoms with Gasteiger partial charge in [0.05, 0.1) is 169 Å². The Bertz CT molecular complexity index is 5970. The molecule has 8 aromatic carbocycles. The molecule has 542 valence electrons. The fourth-order valence-electron chi connectivity index (χ4n) is 9.96. The highest BCUT2D eigenvalue weighted by molar-refractivity contribution is 9.11. The third-order valence-corrected chi connectivity index (χ3v) is 17.4. The number of ether oxygens (including phenoxy) is 8. The lowest BCUT2D eigenvalue weighted by molar-refractivity contribution is 0.111. The highest BCUT2D eigenvalue weighted by Gasteiger charge is 2.18. The minimum Gasteiger partial charge on any atom is -0.495 e. The van der Waals surface area contributed by atoms with Crippen LogP contribution in [0.1, 0.15) is 54.9 Å². The number of nitrogens with one attached hydrogen (secondary N) is 4. The van der Waals surface area contributed by atoms with Crippen LogP contribution in [0.5, 0.6) is 46.0 Å². The number of methoxy groups -OCH3 is 8. The Morgan fingerprint density at radius 1 is 0.407 bits per heavy atom. The third kappa shape index (κ3) is 18.6. The van der Waals surface area contributed by atoms with Gasteiger partial charge in [-0.05, 0) is 143 Å². The molecule has 0 saturated heterocycles. The number of aromatic nitrogens is 12. The van der Waals surface area contributed by atoms with Crippen LogP contribution in [-0.4, -0.2) is 124 Å². The predicted octanol–water partition coefficient (Wildman–Crippen LogP) is 15.0. The Labute approximate surface area is 646 Å². The zero-order chi connectivity index (χ0) is 78.9. The van der Waals surface area contributed by atoms with Crippen LogP contribution in [0.25, 0.3) is 65.4 Å². The van der Waals surface area contributed by atoms with Crippen molar-refractivity contribution in [3.8, 4) is 94.5 Å². The standard InChI is InChI=1S/2C10H8BrN3O.2C9H6BrN3O.C9H6FNO2.2C9H7N3O.C8H6FNO/c1-14-8-4-9(15-2)6(5-12)3-7(8)10(11)13-14;1-14-7-4-3-6(5-12)9(15-2)8(7)10(11)13-14;1-14-8-3-7-6(2-5(8)4-11)9(10)13-12-7;1-14-8-5(4-11)2-3-6-7(8)9(10)13-12-6;1-13-9-6(4-11)2-3-8(10)7(9)5-12;1-13-9-3-8-7(5-11-12-8)2-6(9)4-10;1-13-9-6(4-10)2-3-8-7(9)5-11-12-8;1-11-8-4-7(9)3-2-6(8)5-10/h2*3-4H,1-2H3;2*2-3H,1H3,(H,12,13);2-3,5H,1H3;2*2-3,5H,1H3,(H,11,12);2-4H,1H3. The second kappa shape index (κ2) is 38.7. The van der Waals surface area contributed by atoms with Crippen LogP contribution in [-0.2, 0) is 14.1 Å². The van der Waals surface area contributed by atoms with Gasteiger partial charge in [0, 0.05) is 54.5 Å². The number of hydrogen-bond donors (Lipinski definition) is 4. The molecule has 0 spiro atoms. The molecule has 29 nitrogen and oxygen atoms in total. The molecule has 6 aromatic heterocycles. The number of nitrogens with zero attached hydrogens (tertiary/aromatic N) is 16. The lowest BCUT2D eigenvalue weighted by Gasteiger charge is -2.05. The summed E-state index contributed by atoms with van der Waals surface area (Å²) >= 11 is 13.3. The van der Waals surface area contributed by atoms with E-state index in [0.29, 0.717) is 84.3 Å². The summed E-state index contributed by atoms with van der Waals surface area (Å²) in [6.07, 6.45) is 3.65. The molecule has 0 aliphatic rings. The maximum Gasteiger partial charge on any atom is 0.156 e. The summed E-state index contributed by atoms with van der Waals surface area (Å²) in [5.74, 6) is 2.53. The summed E-state index contributed by atoms with van der Waals surface area (Å²) in [5, 5.41) is 111. The molecule has 0 amide bonds. The molecule has 0 unspecified atom stereocenters. The fourth-order valence-corrected chi connectivity index (χ4v) is 12.0. The van der Waals surface area contributed by atoms with Crippen LogP contribution in [0, 0.1) is 102 Å². The number of fused-ring (bicyclic) bond motifs is 6. The number of aromatic amines is 4. The number of nitriles is 8. The second-order valence-electron chi connectivity index (χ2n) is 21.0. The molecule has 108 heavy (non-hydrogen) atoms. The van der Waals surface area contributed by atoms with Crippen LogP contribution in [0.15, 0.2) is 134 Å². The summed E-state index contributed by atoms with van der Waals surface area (Å²) in [6, 6.07) is 43.4. The number of aryl methyl sites for hydroxylation is 2.